The Morgan fingerprint density at radius 3 is 2.53 bits per heavy atom. The summed E-state index contributed by atoms with van der Waals surface area (Å²) in [6.45, 7) is 13.5. The average molecular weight is 244 g/mol. The summed E-state index contributed by atoms with van der Waals surface area (Å²) < 4.78 is 5.27. The number of hydrogen-bond acceptors (Lipinski definition) is 4. The van der Waals surface area contributed by atoms with Gasteiger partial charge in [-0.05, 0) is 13.3 Å². The molecule has 4 nitrogen and oxygen atoms in total. The van der Waals surface area contributed by atoms with Crippen molar-refractivity contribution in [1.82, 2.24) is 4.90 Å². The minimum Gasteiger partial charge on any atom is -0.394 e. The fraction of sp³-hybridized carbons (Fsp3) is 0.923. The number of nitrogens with zero attached hydrogens (tertiary/aromatic N) is 2. The number of hydrogen-bond donors (Lipinski definition) is 0. The first-order valence-electron chi connectivity index (χ1n) is 6.78. The van der Waals surface area contributed by atoms with Gasteiger partial charge in [0.25, 0.3) is 0 Å². The molecule has 0 atom stereocenters. The number of oxime groups is 1. The van der Waals surface area contributed by atoms with Gasteiger partial charge in [-0.15, -0.1) is 0 Å². The van der Waals surface area contributed by atoms with E-state index in [1.165, 1.54) is 0 Å². The summed E-state index contributed by atoms with van der Waals surface area (Å²) in [6.07, 6.45) is 2.15. The molecule has 1 aliphatic heterocycles. The van der Waals surface area contributed by atoms with Crippen LogP contribution in [0.5, 0.6) is 0 Å². The lowest BCUT2D eigenvalue weighted by Gasteiger charge is -2.25. The van der Waals surface area contributed by atoms with Crippen LogP contribution in [0.4, 0.5) is 0 Å². The molecule has 0 N–H and O–H groups in total. The van der Waals surface area contributed by atoms with E-state index in [1.54, 1.807) is 0 Å². The van der Waals surface area contributed by atoms with Gasteiger partial charge in [0, 0.05) is 19.6 Å². The van der Waals surface area contributed by atoms with Crippen LogP contribution in [0.2, 0.25) is 0 Å². The van der Waals surface area contributed by atoms with Crippen molar-refractivity contribution in [3.63, 3.8) is 0 Å². The Kier molecular flexibility index (Phi) is 11.4. The molecule has 0 bridgehead atoms. The molecule has 1 aliphatic rings. The van der Waals surface area contributed by atoms with Gasteiger partial charge in [-0.1, -0.05) is 32.3 Å². The number of rotatable bonds is 6. The molecule has 0 aromatic heterocycles. The molecule has 0 unspecified atom stereocenters. The van der Waals surface area contributed by atoms with Gasteiger partial charge in [-0.2, -0.15) is 0 Å². The van der Waals surface area contributed by atoms with Crippen molar-refractivity contribution in [1.29, 1.82) is 0 Å². The molecule has 0 aromatic rings. The zero-order valence-electron chi connectivity index (χ0n) is 11.9. The summed E-state index contributed by atoms with van der Waals surface area (Å²) in [5.41, 5.74) is 1.08. The Morgan fingerprint density at radius 2 is 1.94 bits per heavy atom. The Labute approximate surface area is 106 Å². The number of ether oxygens (including phenoxy) is 1. The smallest absolute Gasteiger partial charge is 0.129 e. The molecular weight excluding hydrogens is 216 g/mol. The van der Waals surface area contributed by atoms with Crippen molar-refractivity contribution in [3.8, 4) is 0 Å². The fourth-order valence-corrected chi connectivity index (χ4v) is 1.56. The van der Waals surface area contributed by atoms with Crippen LogP contribution in [0.25, 0.3) is 0 Å². The summed E-state index contributed by atoms with van der Waals surface area (Å²) in [7, 11) is 0. The van der Waals surface area contributed by atoms with E-state index < -0.39 is 0 Å². The topological polar surface area (TPSA) is 34.1 Å². The van der Waals surface area contributed by atoms with Crippen molar-refractivity contribution in [2.24, 2.45) is 5.16 Å². The lowest BCUT2D eigenvalue weighted by molar-refractivity contribution is 0.0211. The highest BCUT2D eigenvalue weighted by Gasteiger charge is 2.09. The van der Waals surface area contributed by atoms with Crippen LogP contribution < -0.4 is 0 Å². The molecule has 4 heteroatoms. The van der Waals surface area contributed by atoms with E-state index in [9.17, 15) is 0 Å². The maximum atomic E-state index is 5.27. The third kappa shape index (κ3) is 9.12. The summed E-state index contributed by atoms with van der Waals surface area (Å²) in [4.78, 5) is 7.60. The lowest BCUT2D eigenvalue weighted by atomic mass is 10.2. The van der Waals surface area contributed by atoms with Crippen LogP contribution >= 0.6 is 0 Å². The molecule has 1 saturated heterocycles. The molecule has 0 saturated carbocycles. The zero-order chi connectivity index (χ0) is 12.9. The van der Waals surface area contributed by atoms with E-state index >= 15 is 0 Å². The normalized spacial score (nSPS) is 17.3. The predicted molar refractivity (Wildman–Crippen MR) is 72.6 cm³/mol. The minimum absolute atomic E-state index is 0.682. The van der Waals surface area contributed by atoms with Gasteiger partial charge >= 0.3 is 0 Å². The number of morpholine rings is 1. The second-order valence-electron chi connectivity index (χ2n) is 3.86. The molecule has 1 rings (SSSR count). The highest BCUT2D eigenvalue weighted by atomic mass is 16.6. The molecule has 0 amide bonds. The monoisotopic (exact) mass is 244 g/mol. The largest absolute Gasteiger partial charge is 0.394 e. The maximum Gasteiger partial charge on any atom is 0.129 e. The van der Waals surface area contributed by atoms with Gasteiger partial charge in [-0.3, -0.25) is 4.90 Å². The highest BCUT2D eigenvalue weighted by Crippen LogP contribution is 1.97. The van der Waals surface area contributed by atoms with Gasteiger partial charge in [0.2, 0.25) is 0 Å². The van der Waals surface area contributed by atoms with Crippen LogP contribution in [-0.4, -0.2) is 50.1 Å². The molecule has 102 valence electrons. The van der Waals surface area contributed by atoms with Crippen molar-refractivity contribution in [2.45, 2.75) is 40.5 Å². The van der Waals surface area contributed by atoms with E-state index in [1.807, 2.05) is 20.8 Å². The Hall–Kier alpha value is -0.610. The van der Waals surface area contributed by atoms with Crippen LogP contribution in [0, 0.1) is 0 Å². The van der Waals surface area contributed by atoms with Crippen molar-refractivity contribution < 1.29 is 9.57 Å². The quantitative estimate of drug-likeness (QED) is 0.409. The third-order valence-electron chi connectivity index (χ3n) is 2.43. The summed E-state index contributed by atoms with van der Waals surface area (Å²) in [6, 6.07) is 0. The van der Waals surface area contributed by atoms with E-state index in [0.717, 1.165) is 51.4 Å². The Balaban J connectivity index is 0.00000121. The van der Waals surface area contributed by atoms with Gasteiger partial charge < -0.3 is 9.57 Å². The first kappa shape index (κ1) is 16.4. The van der Waals surface area contributed by atoms with Crippen LogP contribution in [0.1, 0.15) is 40.5 Å². The second kappa shape index (κ2) is 11.9. The zero-order valence-corrected chi connectivity index (χ0v) is 11.9. The summed E-state index contributed by atoms with van der Waals surface area (Å²) in [5, 5.41) is 4.06. The van der Waals surface area contributed by atoms with Gasteiger partial charge in [0.15, 0.2) is 0 Å². The third-order valence-corrected chi connectivity index (χ3v) is 2.43. The first-order valence-corrected chi connectivity index (χ1v) is 6.78. The van der Waals surface area contributed by atoms with E-state index in [2.05, 4.69) is 17.0 Å². The summed E-state index contributed by atoms with van der Waals surface area (Å²) in [5.74, 6) is 0. The molecule has 0 spiro atoms. The van der Waals surface area contributed by atoms with Gasteiger partial charge in [-0.25, -0.2) is 0 Å². The molecule has 1 fully saturated rings. The van der Waals surface area contributed by atoms with E-state index in [4.69, 9.17) is 9.57 Å². The SMILES string of the molecule is CC.CCC/C(C)=N\OCCN1CCOCC1. The molecule has 17 heavy (non-hydrogen) atoms. The Morgan fingerprint density at radius 1 is 1.29 bits per heavy atom. The van der Waals surface area contributed by atoms with Crippen molar-refractivity contribution >= 4 is 5.71 Å². The standard InChI is InChI=1S/C11H22N2O2.C2H6/c1-3-4-11(2)12-15-10-7-13-5-8-14-9-6-13;1-2/h3-10H2,1-2H3;1-2H3/b12-11-;. The van der Waals surface area contributed by atoms with Gasteiger partial charge in [0.05, 0.1) is 18.9 Å². The molecule has 0 aliphatic carbocycles. The van der Waals surface area contributed by atoms with Gasteiger partial charge in [0.1, 0.15) is 6.61 Å². The lowest BCUT2D eigenvalue weighted by Crippen LogP contribution is -2.38. The minimum atomic E-state index is 0.682. The molecular formula is C13H28N2O2. The average Bonchev–Trinajstić information content (AvgIpc) is 2.39. The summed E-state index contributed by atoms with van der Waals surface area (Å²) >= 11 is 0. The van der Waals surface area contributed by atoms with Crippen LogP contribution in [-0.2, 0) is 9.57 Å². The van der Waals surface area contributed by atoms with Crippen LogP contribution in [0.3, 0.4) is 0 Å². The molecule has 0 aromatic carbocycles. The molecule has 0 radical (unpaired) electrons. The highest BCUT2D eigenvalue weighted by molar-refractivity contribution is 5.81. The van der Waals surface area contributed by atoms with Crippen molar-refractivity contribution in [2.75, 3.05) is 39.5 Å². The second-order valence-corrected chi connectivity index (χ2v) is 3.86. The first-order chi connectivity index (χ1) is 8.33. The fourth-order valence-electron chi connectivity index (χ4n) is 1.56. The van der Waals surface area contributed by atoms with Crippen LogP contribution in [0.15, 0.2) is 5.16 Å². The molecule has 1 heterocycles. The van der Waals surface area contributed by atoms with E-state index in [-0.39, 0.29) is 0 Å². The van der Waals surface area contributed by atoms with E-state index in [0.29, 0.717) is 6.61 Å². The predicted octanol–water partition coefficient (Wildman–Crippen LogP) is 2.54. The maximum absolute atomic E-state index is 5.27. The van der Waals surface area contributed by atoms with Crippen molar-refractivity contribution in [3.05, 3.63) is 0 Å². The Bertz CT molecular complexity index is 190.